The molecule has 1 saturated heterocycles. The van der Waals surface area contributed by atoms with Crippen LogP contribution in [0.15, 0.2) is 71.8 Å². The molecule has 0 radical (unpaired) electrons. The summed E-state index contributed by atoms with van der Waals surface area (Å²) in [5.74, 6) is -1.73. The van der Waals surface area contributed by atoms with Crippen LogP contribution in [0.25, 0.3) is 0 Å². The van der Waals surface area contributed by atoms with Crippen LogP contribution >= 0.6 is 12.4 Å². The summed E-state index contributed by atoms with van der Waals surface area (Å²) in [4.78, 5) is 42.2. The number of carboxylic acids is 1. The number of amides is 3. The molecule has 1 unspecified atom stereocenters. The lowest BCUT2D eigenvalue weighted by atomic mass is 10.0. The normalized spacial score (nSPS) is 15.7. The van der Waals surface area contributed by atoms with Crippen LogP contribution in [0.3, 0.4) is 0 Å². The van der Waals surface area contributed by atoms with Crippen LogP contribution in [0.1, 0.15) is 46.9 Å². The molecule has 0 aliphatic carbocycles. The van der Waals surface area contributed by atoms with Crippen molar-refractivity contribution in [2.45, 2.75) is 43.4 Å². The Bertz CT molecular complexity index is 1640. The first-order valence-electron chi connectivity index (χ1n) is 13.5. The molecule has 45 heavy (non-hydrogen) atoms. The molecule has 16 heteroatoms. The standard InChI is InChI=1S/C29H30F3N5O6S.ClH/c1-18(2)20-5-3-19(4-6-20)16-34-26(38)25-17-36(28(41)35-22-11-12-33-24(15-22)27(39)40)13-14-37(25)44(42,43)23-9-7-21(8-10-23)29(30,31)32;/h3-12,15,18,25H,13-14,16-17H2,1-2H3,(H,34,38)(H,39,40)(H,33,35,41);1H. The molecule has 0 bridgehead atoms. The fourth-order valence-corrected chi connectivity index (χ4v) is 6.13. The first kappa shape index (κ1) is 35.3. The number of alkyl halides is 3. The molecule has 1 fully saturated rings. The largest absolute Gasteiger partial charge is 0.477 e. The van der Waals surface area contributed by atoms with Gasteiger partial charge in [-0.25, -0.2) is 23.0 Å². The zero-order valence-corrected chi connectivity index (χ0v) is 25.7. The predicted octanol–water partition coefficient (Wildman–Crippen LogP) is 4.57. The number of carbonyl (C=O) groups excluding carboxylic acids is 2. The number of aromatic carboxylic acids is 1. The van der Waals surface area contributed by atoms with E-state index < -0.39 is 50.6 Å². The van der Waals surface area contributed by atoms with Crippen molar-refractivity contribution in [3.8, 4) is 0 Å². The van der Waals surface area contributed by atoms with Gasteiger partial charge in [-0.2, -0.15) is 17.5 Å². The molecule has 0 spiro atoms. The van der Waals surface area contributed by atoms with Crippen molar-refractivity contribution in [2.75, 3.05) is 25.0 Å². The molecule has 11 nitrogen and oxygen atoms in total. The number of nitrogens with one attached hydrogen (secondary N) is 2. The van der Waals surface area contributed by atoms with Crippen molar-refractivity contribution in [3.63, 3.8) is 0 Å². The van der Waals surface area contributed by atoms with Gasteiger partial charge in [0.2, 0.25) is 15.9 Å². The molecule has 3 N–H and O–H groups in total. The molecular formula is C29H31ClF3N5O6S. The number of pyridine rings is 1. The molecule has 1 aliphatic rings. The maximum atomic E-state index is 13.6. The summed E-state index contributed by atoms with van der Waals surface area (Å²) >= 11 is 0. The molecule has 2 heterocycles. The van der Waals surface area contributed by atoms with Crippen molar-refractivity contribution >= 4 is 46.0 Å². The summed E-state index contributed by atoms with van der Waals surface area (Å²) < 4.78 is 67.3. The third-order valence-corrected chi connectivity index (χ3v) is 8.98. The number of anilines is 1. The third-order valence-electron chi connectivity index (χ3n) is 7.05. The molecule has 4 rings (SSSR count). The Morgan fingerprint density at radius 1 is 1.02 bits per heavy atom. The Hall–Kier alpha value is -4.21. The number of nitrogens with zero attached hydrogens (tertiary/aromatic N) is 3. The van der Waals surface area contributed by atoms with E-state index in [0.717, 1.165) is 33.6 Å². The number of carboxylic acid groups (broad SMARTS) is 1. The summed E-state index contributed by atoms with van der Waals surface area (Å²) in [6, 6.07) is 10.8. The number of aromatic nitrogens is 1. The summed E-state index contributed by atoms with van der Waals surface area (Å²) in [6.07, 6.45) is -3.48. The molecular weight excluding hydrogens is 639 g/mol. The summed E-state index contributed by atoms with van der Waals surface area (Å²) in [7, 11) is -4.47. The van der Waals surface area contributed by atoms with Gasteiger partial charge in [0.15, 0.2) is 0 Å². The highest BCUT2D eigenvalue weighted by atomic mass is 35.5. The molecule has 1 aliphatic heterocycles. The van der Waals surface area contributed by atoms with E-state index in [4.69, 9.17) is 5.11 Å². The second kappa shape index (κ2) is 14.3. The Kier molecular flexibility index (Phi) is 11.2. The topological polar surface area (TPSA) is 149 Å². The van der Waals surface area contributed by atoms with Gasteiger partial charge in [-0.15, -0.1) is 12.4 Å². The van der Waals surface area contributed by atoms with E-state index in [2.05, 4.69) is 15.6 Å². The van der Waals surface area contributed by atoms with E-state index in [9.17, 15) is 36.0 Å². The van der Waals surface area contributed by atoms with Crippen molar-refractivity contribution in [3.05, 3.63) is 89.2 Å². The first-order valence-corrected chi connectivity index (χ1v) is 14.9. The highest BCUT2D eigenvalue weighted by Crippen LogP contribution is 2.31. The van der Waals surface area contributed by atoms with Gasteiger partial charge in [-0.3, -0.25) is 4.79 Å². The van der Waals surface area contributed by atoms with Crippen LogP contribution in [-0.4, -0.2) is 71.3 Å². The molecule has 3 aromatic rings. The highest BCUT2D eigenvalue weighted by Gasteiger charge is 2.42. The summed E-state index contributed by atoms with van der Waals surface area (Å²) in [6.45, 7) is 3.24. The molecule has 3 amide bonds. The Labute approximate surface area is 263 Å². The van der Waals surface area contributed by atoms with Crippen LogP contribution in [0.2, 0.25) is 0 Å². The minimum absolute atomic E-state index is 0. The number of halogens is 4. The quantitative estimate of drug-likeness (QED) is 0.318. The van der Waals surface area contributed by atoms with Gasteiger partial charge in [0, 0.05) is 38.1 Å². The Morgan fingerprint density at radius 3 is 2.24 bits per heavy atom. The van der Waals surface area contributed by atoms with Gasteiger partial charge >= 0.3 is 18.2 Å². The van der Waals surface area contributed by atoms with E-state index >= 15 is 0 Å². The van der Waals surface area contributed by atoms with E-state index in [0.29, 0.717) is 18.1 Å². The minimum Gasteiger partial charge on any atom is -0.477 e. The van der Waals surface area contributed by atoms with Gasteiger partial charge < -0.3 is 20.6 Å². The summed E-state index contributed by atoms with van der Waals surface area (Å²) in [5.41, 5.74) is 0.615. The SMILES string of the molecule is CC(C)c1ccc(CNC(=O)C2CN(C(=O)Nc3ccnc(C(=O)O)c3)CCN2S(=O)(=O)c2ccc(C(F)(F)F)cc2)cc1.Cl. The lowest BCUT2D eigenvalue weighted by molar-refractivity contribution is -0.137. The van der Waals surface area contributed by atoms with Gasteiger partial charge in [0.05, 0.1) is 10.5 Å². The number of rotatable bonds is 8. The first-order chi connectivity index (χ1) is 20.7. The van der Waals surface area contributed by atoms with E-state index in [1.165, 1.54) is 17.2 Å². The lowest BCUT2D eigenvalue weighted by Crippen LogP contribution is -2.61. The average Bonchev–Trinajstić information content (AvgIpc) is 2.99. The Morgan fingerprint density at radius 2 is 1.67 bits per heavy atom. The molecule has 1 atom stereocenters. The smallest absolute Gasteiger partial charge is 0.416 e. The zero-order valence-electron chi connectivity index (χ0n) is 24.1. The van der Waals surface area contributed by atoms with Crippen LogP contribution in [0.5, 0.6) is 0 Å². The van der Waals surface area contributed by atoms with Crippen LogP contribution in [0.4, 0.5) is 23.7 Å². The van der Waals surface area contributed by atoms with Crippen molar-refractivity contribution in [1.82, 2.24) is 19.5 Å². The monoisotopic (exact) mass is 669 g/mol. The predicted molar refractivity (Wildman–Crippen MR) is 161 cm³/mol. The second-order valence-corrected chi connectivity index (χ2v) is 12.3. The van der Waals surface area contributed by atoms with Gasteiger partial charge in [0.1, 0.15) is 11.7 Å². The number of benzene rings is 2. The zero-order chi connectivity index (χ0) is 32.2. The van der Waals surface area contributed by atoms with E-state index in [1.807, 2.05) is 38.1 Å². The summed E-state index contributed by atoms with van der Waals surface area (Å²) in [5, 5.41) is 14.4. The average molecular weight is 670 g/mol. The third kappa shape index (κ3) is 8.49. The van der Waals surface area contributed by atoms with E-state index in [-0.39, 0.29) is 50.0 Å². The number of urea groups is 1. The van der Waals surface area contributed by atoms with Crippen molar-refractivity contribution in [2.24, 2.45) is 0 Å². The Balaban J connectivity index is 0.00000552. The maximum absolute atomic E-state index is 13.6. The van der Waals surface area contributed by atoms with Crippen molar-refractivity contribution < 1.29 is 41.1 Å². The molecule has 242 valence electrons. The van der Waals surface area contributed by atoms with E-state index in [1.54, 1.807) is 0 Å². The fraction of sp³-hybridized carbons (Fsp3) is 0.310. The molecule has 2 aromatic carbocycles. The lowest BCUT2D eigenvalue weighted by Gasteiger charge is -2.39. The number of hydrogen-bond donors (Lipinski definition) is 3. The van der Waals surface area contributed by atoms with Crippen molar-refractivity contribution in [1.29, 1.82) is 0 Å². The van der Waals surface area contributed by atoms with Gasteiger partial charge in [-0.05, 0) is 53.4 Å². The fourth-order valence-electron chi connectivity index (χ4n) is 4.56. The van der Waals surface area contributed by atoms with Crippen LogP contribution in [-0.2, 0) is 27.5 Å². The minimum atomic E-state index is -4.67. The molecule has 1 aromatic heterocycles. The number of piperazine rings is 1. The highest BCUT2D eigenvalue weighted by molar-refractivity contribution is 7.89. The second-order valence-electron chi connectivity index (χ2n) is 10.4. The number of hydrogen-bond acceptors (Lipinski definition) is 6. The number of sulfonamides is 1. The molecule has 0 saturated carbocycles. The number of carbonyl (C=O) groups is 3. The van der Waals surface area contributed by atoms with Gasteiger partial charge in [-0.1, -0.05) is 38.1 Å². The van der Waals surface area contributed by atoms with Crippen LogP contribution in [0, 0.1) is 0 Å². The van der Waals surface area contributed by atoms with Crippen LogP contribution < -0.4 is 10.6 Å². The maximum Gasteiger partial charge on any atom is 0.416 e. The van der Waals surface area contributed by atoms with Gasteiger partial charge in [0.25, 0.3) is 0 Å².